The number of halogens is 1. The van der Waals surface area contributed by atoms with Crippen molar-refractivity contribution in [2.75, 3.05) is 6.61 Å². The Bertz CT molecular complexity index is 1540. The molecule has 1 aliphatic heterocycles. The maximum Gasteiger partial charge on any atom is 0.329 e. The number of hydrogen-bond acceptors (Lipinski definition) is 6. The van der Waals surface area contributed by atoms with Gasteiger partial charge in [-0.2, -0.15) is 0 Å². The lowest BCUT2D eigenvalue weighted by atomic mass is 9.55. The number of esters is 1. The summed E-state index contributed by atoms with van der Waals surface area (Å²) in [5, 5.41) is 0.206. The van der Waals surface area contributed by atoms with Crippen molar-refractivity contribution in [2.45, 2.75) is 38.1 Å². The van der Waals surface area contributed by atoms with Crippen LogP contribution >= 0.6 is 11.6 Å². The van der Waals surface area contributed by atoms with E-state index in [1.54, 1.807) is 12.1 Å². The maximum absolute atomic E-state index is 14.1. The molecule has 0 aromatic heterocycles. The number of likely N-dealkylation sites (tertiary alicyclic amines) is 1. The molecule has 3 aromatic carbocycles. The Morgan fingerprint density at radius 1 is 0.791 bits per heavy atom. The standard InChI is InChI=1S/C33H30ClN3O6/c1-17(2)15-24(33(42)43-16-25(38)35-36-30(39)22-13-7-8-14-23(22)34)37-31(40)28-26-18-9-3-4-10-19(18)27(29(28)32(37)41)21-12-6-5-11-20(21)26/h3-14,17,24,26-29H,15-16H2,1-2H3,(H,35,38)(H,36,39)/t24-,26?,27?,28-,29-/m1/s1. The Labute approximate surface area is 253 Å². The predicted octanol–water partition coefficient (Wildman–Crippen LogP) is 3.95. The molecule has 3 aliphatic carbocycles. The Hall–Kier alpha value is -4.50. The molecule has 0 spiro atoms. The number of hydrazine groups is 1. The van der Waals surface area contributed by atoms with E-state index in [0.717, 1.165) is 27.2 Å². The molecule has 10 heteroatoms. The van der Waals surface area contributed by atoms with E-state index in [-0.39, 0.29) is 34.8 Å². The van der Waals surface area contributed by atoms with Gasteiger partial charge in [-0.05, 0) is 46.7 Å². The van der Waals surface area contributed by atoms with Crippen molar-refractivity contribution in [3.05, 3.63) is 106 Å². The van der Waals surface area contributed by atoms with Crippen LogP contribution in [0.1, 0.15) is 64.7 Å². The van der Waals surface area contributed by atoms with E-state index >= 15 is 0 Å². The summed E-state index contributed by atoms with van der Waals surface area (Å²) < 4.78 is 5.31. The molecule has 220 valence electrons. The van der Waals surface area contributed by atoms with E-state index in [9.17, 15) is 24.0 Å². The summed E-state index contributed by atoms with van der Waals surface area (Å²) in [4.78, 5) is 67.5. The third-order valence-corrected chi connectivity index (χ3v) is 8.87. The molecule has 1 fully saturated rings. The zero-order valence-corrected chi connectivity index (χ0v) is 24.3. The van der Waals surface area contributed by atoms with Crippen molar-refractivity contribution in [3.63, 3.8) is 0 Å². The van der Waals surface area contributed by atoms with Crippen molar-refractivity contribution >= 4 is 41.2 Å². The van der Waals surface area contributed by atoms with Crippen LogP contribution in [0, 0.1) is 17.8 Å². The van der Waals surface area contributed by atoms with Gasteiger partial charge < -0.3 is 4.74 Å². The number of nitrogens with zero attached hydrogens (tertiary/aromatic N) is 1. The zero-order chi connectivity index (χ0) is 30.4. The number of hydrogen-bond donors (Lipinski definition) is 2. The maximum atomic E-state index is 14.1. The highest BCUT2D eigenvalue weighted by atomic mass is 35.5. The van der Waals surface area contributed by atoms with E-state index in [2.05, 4.69) is 10.9 Å². The van der Waals surface area contributed by atoms with Gasteiger partial charge in [-0.3, -0.25) is 34.9 Å². The summed E-state index contributed by atoms with van der Waals surface area (Å²) in [5.74, 6) is -5.01. The molecule has 3 aromatic rings. The first-order chi connectivity index (χ1) is 20.7. The summed E-state index contributed by atoms with van der Waals surface area (Å²) in [7, 11) is 0. The highest BCUT2D eigenvalue weighted by Crippen LogP contribution is 2.61. The molecule has 1 saturated heterocycles. The van der Waals surface area contributed by atoms with E-state index in [1.807, 2.05) is 62.4 Å². The minimum atomic E-state index is -1.19. The average molecular weight is 600 g/mol. The number of nitrogens with one attached hydrogen (secondary N) is 2. The third kappa shape index (κ3) is 4.87. The molecule has 43 heavy (non-hydrogen) atoms. The van der Waals surface area contributed by atoms with E-state index < -0.39 is 54.1 Å². The SMILES string of the molecule is CC(C)C[C@H](C(=O)OCC(=O)NNC(=O)c1ccccc1Cl)N1C(=O)[C@@H]2C3c4ccccc4C(c4ccccc43)[C@H]2C1=O. The molecular weight excluding hydrogens is 570 g/mol. The number of ether oxygens (including phenoxy) is 1. The highest BCUT2D eigenvalue weighted by Gasteiger charge is 2.63. The van der Waals surface area contributed by atoms with Crippen molar-refractivity contribution < 1.29 is 28.7 Å². The Kier molecular flexibility index (Phi) is 7.52. The lowest BCUT2D eigenvalue weighted by molar-refractivity contribution is -0.161. The second-order valence-electron chi connectivity index (χ2n) is 11.5. The topological polar surface area (TPSA) is 122 Å². The number of benzene rings is 3. The van der Waals surface area contributed by atoms with Gasteiger partial charge in [-0.15, -0.1) is 0 Å². The van der Waals surface area contributed by atoms with Crippen LogP contribution in [0.15, 0.2) is 72.8 Å². The first-order valence-electron chi connectivity index (χ1n) is 14.2. The summed E-state index contributed by atoms with van der Waals surface area (Å²) in [6.45, 7) is 3.04. The minimum Gasteiger partial charge on any atom is -0.454 e. The van der Waals surface area contributed by atoms with E-state index in [1.165, 1.54) is 12.1 Å². The molecule has 2 N–H and O–H groups in total. The number of amides is 4. The second-order valence-corrected chi connectivity index (χ2v) is 12.0. The van der Waals surface area contributed by atoms with Crippen LogP contribution in [-0.2, 0) is 23.9 Å². The first-order valence-corrected chi connectivity index (χ1v) is 14.6. The molecule has 4 aliphatic rings. The first kappa shape index (κ1) is 28.6. The number of carbonyl (C=O) groups excluding carboxylic acids is 5. The van der Waals surface area contributed by atoms with Gasteiger partial charge in [-0.1, -0.05) is 86.1 Å². The number of imide groups is 1. The summed E-state index contributed by atoms with van der Waals surface area (Å²) in [6.07, 6.45) is 0.176. The highest BCUT2D eigenvalue weighted by molar-refractivity contribution is 6.33. The number of carbonyl (C=O) groups is 5. The van der Waals surface area contributed by atoms with Crippen LogP contribution in [0.2, 0.25) is 5.02 Å². The van der Waals surface area contributed by atoms with Crippen LogP contribution in [0.25, 0.3) is 0 Å². The summed E-state index contributed by atoms with van der Waals surface area (Å²) >= 11 is 6.02. The van der Waals surface area contributed by atoms with Crippen LogP contribution in [-0.4, -0.2) is 47.1 Å². The van der Waals surface area contributed by atoms with E-state index in [0.29, 0.717) is 0 Å². The fraction of sp³-hybridized carbons (Fsp3) is 0.303. The molecule has 0 radical (unpaired) electrons. The van der Waals surface area contributed by atoms with Crippen LogP contribution in [0.4, 0.5) is 0 Å². The number of rotatable bonds is 7. The van der Waals surface area contributed by atoms with Gasteiger partial charge in [0, 0.05) is 11.8 Å². The fourth-order valence-electron chi connectivity index (χ4n) is 6.87. The molecule has 7 rings (SSSR count). The summed E-state index contributed by atoms with van der Waals surface area (Å²) in [5.41, 5.74) is 8.72. The molecular formula is C33H30ClN3O6. The lowest BCUT2D eigenvalue weighted by Gasteiger charge is -2.45. The van der Waals surface area contributed by atoms with Gasteiger partial charge in [0.1, 0.15) is 6.04 Å². The Balaban J connectivity index is 1.20. The predicted molar refractivity (Wildman–Crippen MR) is 157 cm³/mol. The van der Waals surface area contributed by atoms with Crippen molar-refractivity contribution in [1.82, 2.24) is 15.8 Å². The molecule has 3 atom stereocenters. The van der Waals surface area contributed by atoms with Gasteiger partial charge in [0.15, 0.2) is 6.61 Å². The Morgan fingerprint density at radius 3 is 1.77 bits per heavy atom. The van der Waals surface area contributed by atoms with E-state index in [4.69, 9.17) is 16.3 Å². The molecule has 0 saturated carbocycles. The zero-order valence-electron chi connectivity index (χ0n) is 23.6. The van der Waals surface area contributed by atoms with Crippen molar-refractivity contribution in [1.29, 1.82) is 0 Å². The normalized spacial score (nSPS) is 22.0. The minimum absolute atomic E-state index is 0.0596. The quantitative estimate of drug-likeness (QED) is 0.241. The van der Waals surface area contributed by atoms with Gasteiger partial charge >= 0.3 is 5.97 Å². The van der Waals surface area contributed by atoms with Crippen LogP contribution in [0.3, 0.4) is 0 Å². The largest absolute Gasteiger partial charge is 0.454 e. The molecule has 1 heterocycles. The molecule has 4 amide bonds. The van der Waals surface area contributed by atoms with Crippen molar-refractivity contribution in [3.8, 4) is 0 Å². The van der Waals surface area contributed by atoms with Gasteiger partial charge in [0.25, 0.3) is 11.8 Å². The Morgan fingerprint density at radius 2 is 1.28 bits per heavy atom. The van der Waals surface area contributed by atoms with Crippen LogP contribution < -0.4 is 10.9 Å². The smallest absolute Gasteiger partial charge is 0.329 e. The van der Waals surface area contributed by atoms with Gasteiger partial charge in [0.2, 0.25) is 11.8 Å². The molecule has 2 bridgehead atoms. The van der Waals surface area contributed by atoms with Crippen molar-refractivity contribution in [2.24, 2.45) is 17.8 Å². The van der Waals surface area contributed by atoms with Gasteiger partial charge in [-0.25, -0.2) is 4.79 Å². The average Bonchev–Trinajstić information content (AvgIpc) is 3.27. The summed E-state index contributed by atoms with van der Waals surface area (Å²) in [6, 6.07) is 21.0. The lowest BCUT2D eigenvalue weighted by Crippen LogP contribution is -2.48. The molecule has 0 unspecified atom stereocenters. The fourth-order valence-corrected chi connectivity index (χ4v) is 7.09. The van der Waals surface area contributed by atoms with Gasteiger partial charge in [0.05, 0.1) is 22.4 Å². The monoisotopic (exact) mass is 599 g/mol. The van der Waals surface area contributed by atoms with Crippen LogP contribution in [0.5, 0.6) is 0 Å². The third-order valence-electron chi connectivity index (χ3n) is 8.54. The second kappa shape index (κ2) is 11.3. The molecule has 9 nitrogen and oxygen atoms in total.